The van der Waals surface area contributed by atoms with Crippen LogP contribution in [0.1, 0.15) is 35.7 Å². The van der Waals surface area contributed by atoms with E-state index in [2.05, 4.69) is 15.1 Å². The Bertz CT molecular complexity index is 1100. The summed E-state index contributed by atoms with van der Waals surface area (Å²) in [6.07, 6.45) is 4.39. The van der Waals surface area contributed by atoms with Gasteiger partial charge in [-0.15, -0.1) is 0 Å². The number of halogens is 2. The number of ether oxygens (including phenoxy) is 1. The molecule has 0 fully saturated rings. The normalized spacial score (nSPS) is 16.9. The number of hydrogen-bond acceptors (Lipinski definition) is 7. The standard InChI is InChI=1S/C21H24F2N6O3/c1-3-32-20(30)18-9-28-7-6-27(10-19(28)26-18)14(2)21(31,11-29-13-24-12-25-29)16-5-4-15(22)8-17(16)23/h4-5,8-9,12-14,31H,3,6-7,10-11H2,1-2H3/t14-,21-/m1/s1. The minimum Gasteiger partial charge on any atom is -0.461 e. The number of carbonyl (C=O) groups excluding carboxylic acids is 1. The predicted octanol–water partition coefficient (Wildman–Crippen LogP) is 1.72. The summed E-state index contributed by atoms with van der Waals surface area (Å²) in [7, 11) is 0. The smallest absolute Gasteiger partial charge is 0.358 e. The minimum atomic E-state index is -1.75. The second kappa shape index (κ2) is 8.75. The average Bonchev–Trinajstić information content (AvgIpc) is 3.42. The highest BCUT2D eigenvalue weighted by atomic mass is 19.1. The third-order valence-electron chi connectivity index (χ3n) is 5.82. The number of nitrogens with zero attached hydrogens (tertiary/aromatic N) is 6. The molecule has 0 saturated heterocycles. The van der Waals surface area contributed by atoms with Crippen LogP contribution >= 0.6 is 0 Å². The monoisotopic (exact) mass is 446 g/mol. The van der Waals surface area contributed by atoms with Gasteiger partial charge in [0.25, 0.3) is 0 Å². The van der Waals surface area contributed by atoms with Gasteiger partial charge in [-0.1, -0.05) is 6.07 Å². The van der Waals surface area contributed by atoms with Crippen LogP contribution < -0.4 is 0 Å². The zero-order valence-electron chi connectivity index (χ0n) is 17.8. The van der Waals surface area contributed by atoms with Crippen molar-refractivity contribution < 1.29 is 23.4 Å². The number of imidazole rings is 1. The van der Waals surface area contributed by atoms with E-state index in [4.69, 9.17) is 4.74 Å². The second-order valence-corrected chi connectivity index (χ2v) is 7.74. The molecule has 2 aromatic heterocycles. The number of hydrogen-bond donors (Lipinski definition) is 1. The van der Waals surface area contributed by atoms with E-state index in [0.717, 1.165) is 12.1 Å². The molecular weight excluding hydrogens is 422 g/mol. The first-order valence-electron chi connectivity index (χ1n) is 10.3. The molecule has 0 unspecified atom stereocenters. The summed E-state index contributed by atoms with van der Waals surface area (Å²) < 4.78 is 36.6. The molecule has 1 aliphatic heterocycles. The van der Waals surface area contributed by atoms with Crippen LogP contribution in [0.4, 0.5) is 8.78 Å². The maximum atomic E-state index is 14.8. The summed E-state index contributed by atoms with van der Waals surface area (Å²) in [5, 5.41) is 15.8. The Hall–Kier alpha value is -3.18. The van der Waals surface area contributed by atoms with Crippen LogP contribution in [0.2, 0.25) is 0 Å². The van der Waals surface area contributed by atoms with Gasteiger partial charge in [-0.3, -0.25) is 4.90 Å². The summed E-state index contributed by atoms with van der Waals surface area (Å²) in [5.74, 6) is -1.44. The summed E-state index contributed by atoms with van der Waals surface area (Å²) in [6.45, 7) is 5.03. The van der Waals surface area contributed by atoms with Crippen LogP contribution in [0.3, 0.4) is 0 Å². The van der Waals surface area contributed by atoms with E-state index in [-0.39, 0.29) is 24.4 Å². The van der Waals surface area contributed by atoms with E-state index in [1.165, 1.54) is 23.4 Å². The number of esters is 1. The predicted molar refractivity (Wildman–Crippen MR) is 108 cm³/mol. The van der Waals surface area contributed by atoms with Gasteiger partial charge in [0.2, 0.25) is 0 Å². The largest absolute Gasteiger partial charge is 0.461 e. The summed E-state index contributed by atoms with van der Waals surface area (Å²) in [6, 6.07) is 2.51. The van der Waals surface area contributed by atoms with E-state index in [9.17, 15) is 18.7 Å². The van der Waals surface area contributed by atoms with Gasteiger partial charge < -0.3 is 14.4 Å². The lowest BCUT2D eigenvalue weighted by Crippen LogP contribution is -2.53. The van der Waals surface area contributed by atoms with E-state index in [0.29, 0.717) is 25.5 Å². The molecule has 32 heavy (non-hydrogen) atoms. The van der Waals surface area contributed by atoms with Crippen LogP contribution in [0.25, 0.3) is 0 Å². The maximum absolute atomic E-state index is 14.8. The van der Waals surface area contributed by atoms with Gasteiger partial charge in [-0.25, -0.2) is 28.2 Å². The van der Waals surface area contributed by atoms with Gasteiger partial charge in [0, 0.05) is 37.0 Å². The van der Waals surface area contributed by atoms with Crippen molar-refractivity contribution in [3.8, 4) is 0 Å². The van der Waals surface area contributed by atoms with Crippen molar-refractivity contribution >= 4 is 5.97 Å². The quantitative estimate of drug-likeness (QED) is 0.552. The Morgan fingerprint density at radius 1 is 1.34 bits per heavy atom. The molecule has 4 rings (SSSR count). The fourth-order valence-corrected chi connectivity index (χ4v) is 4.05. The van der Waals surface area contributed by atoms with Crippen molar-refractivity contribution in [1.29, 1.82) is 0 Å². The molecule has 1 aliphatic rings. The minimum absolute atomic E-state index is 0.0389. The number of aliphatic hydroxyl groups is 1. The van der Waals surface area contributed by atoms with Gasteiger partial charge in [-0.2, -0.15) is 5.10 Å². The van der Waals surface area contributed by atoms with Crippen molar-refractivity contribution in [2.24, 2.45) is 0 Å². The van der Waals surface area contributed by atoms with E-state index < -0.39 is 29.2 Å². The summed E-state index contributed by atoms with van der Waals surface area (Å²) >= 11 is 0. The number of rotatable bonds is 7. The molecule has 3 aromatic rings. The van der Waals surface area contributed by atoms with Crippen LogP contribution in [0.5, 0.6) is 0 Å². The molecule has 3 heterocycles. The molecule has 0 amide bonds. The van der Waals surface area contributed by atoms with Crippen LogP contribution in [0.15, 0.2) is 37.1 Å². The van der Waals surface area contributed by atoms with Crippen molar-refractivity contribution in [3.63, 3.8) is 0 Å². The van der Waals surface area contributed by atoms with Crippen molar-refractivity contribution in [1.82, 2.24) is 29.2 Å². The van der Waals surface area contributed by atoms with Crippen LogP contribution in [-0.2, 0) is 30.0 Å². The average molecular weight is 446 g/mol. The SMILES string of the molecule is CCOC(=O)c1cn2c(n1)CN([C@H](C)[C@](O)(Cn1cncn1)c1ccc(F)cc1F)CC2. The van der Waals surface area contributed by atoms with Gasteiger partial charge in [-0.05, 0) is 19.9 Å². The van der Waals surface area contributed by atoms with E-state index >= 15 is 0 Å². The molecule has 11 heteroatoms. The van der Waals surface area contributed by atoms with Gasteiger partial charge in [0.1, 0.15) is 35.7 Å². The lowest BCUT2D eigenvalue weighted by atomic mass is 9.85. The molecular formula is C21H24F2N6O3. The fourth-order valence-electron chi connectivity index (χ4n) is 4.05. The molecule has 2 atom stereocenters. The molecule has 0 spiro atoms. The van der Waals surface area contributed by atoms with Gasteiger partial charge in [0.15, 0.2) is 5.69 Å². The lowest BCUT2D eigenvalue weighted by Gasteiger charge is -2.42. The Labute approximate surface area is 183 Å². The molecule has 1 N–H and O–H groups in total. The molecule has 9 nitrogen and oxygen atoms in total. The summed E-state index contributed by atoms with van der Waals surface area (Å²) in [4.78, 5) is 22.2. The molecule has 170 valence electrons. The Balaban J connectivity index is 1.64. The highest BCUT2D eigenvalue weighted by Crippen LogP contribution is 2.34. The van der Waals surface area contributed by atoms with Gasteiger partial charge >= 0.3 is 5.97 Å². The van der Waals surface area contributed by atoms with Crippen LogP contribution in [0, 0.1) is 11.6 Å². The Morgan fingerprint density at radius 2 is 2.16 bits per heavy atom. The summed E-state index contributed by atoms with van der Waals surface area (Å²) in [5.41, 5.74) is -1.56. The lowest BCUT2D eigenvalue weighted by molar-refractivity contribution is -0.0709. The zero-order chi connectivity index (χ0) is 22.9. The molecule has 0 aliphatic carbocycles. The van der Waals surface area contributed by atoms with E-state index in [1.54, 1.807) is 20.0 Å². The number of aromatic nitrogens is 5. The molecule has 1 aromatic carbocycles. The van der Waals surface area contributed by atoms with Crippen molar-refractivity contribution in [2.75, 3.05) is 13.2 Å². The van der Waals surface area contributed by atoms with Gasteiger partial charge in [0.05, 0.1) is 19.7 Å². The Morgan fingerprint density at radius 3 is 2.84 bits per heavy atom. The number of fused-ring (bicyclic) bond motifs is 1. The van der Waals surface area contributed by atoms with Crippen LogP contribution in [-0.4, -0.2) is 59.5 Å². The highest BCUT2D eigenvalue weighted by Gasteiger charge is 2.43. The first kappa shape index (κ1) is 22.0. The molecule has 0 radical (unpaired) electrons. The van der Waals surface area contributed by atoms with Crippen molar-refractivity contribution in [2.45, 2.75) is 45.1 Å². The first-order chi connectivity index (χ1) is 15.3. The fraction of sp³-hybridized carbons (Fsp3) is 0.429. The first-order valence-corrected chi connectivity index (χ1v) is 10.3. The second-order valence-electron chi connectivity index (χ2n) is 7.74. The third kappa shape index (κ3) is 4.13. The number of carbonyl (C=O) groups is 1. The maximum Gasteiger partial charge on any atom is 0.358 e. The van der Waals surface area contributed by atoms with Crippen molar-refractivity contribution in [3.05, 3.63) is 65.8 Å². The number of benzene rings is 1. The van der Waals surface area contributed by atoms with E-state index in [1.807, 2.05) is 9.47 Å². The Kier molecular flexibility index (Phi) is 6.02. The third-order valence-corrected chi connectivity index (χ3v) is 5.82. The molecule has 0 bridgehead atoms. The zero-order valence-corrected chi connectivity index (χ0v) is 17.8. The highest BCUT2D eigenvalue weighted by molar-refractivity contribution is 5.87. The molecule has 0 saturated carbocycles. The topological polar surface area (TPSA) is 98.3 Å².